The molecule has 2 aromatic carbocycles. The molecule has 2 amide bonds. The predicted molar refractivity (Wildman–Crippen MR) is 111 cm³/mol. The first-order chi connectivity index (χ1) is 12.3. The molecule has 2 aromatic rings. The molecule has 1 unspecified atom stereocenters. The van der Waals surface area contributed by atoms with E-state index in [-0.39, 0.29) is 30.6 Å². The van der Waals surface area contributed by atoms with Crippen LogP contribution in [0.15, 0.2) is 54.6 Å². The molecule has 0 heterocycles. The Morgan fingerprint density at radius 3 is 2.26 bits per heavy atom. The molecule has 4 N–H and O–H groups in total. The predicted octanol–water partition coefficient (Wildman–Crippen LogP) is 3.48. The smallest absolute Gasteiger partial charge is 0.253 e. The fourth-order valence-electron chi connectivity index (χ4n) is 2.48. The summed E-state index contributed by atoms with van der Waals surface area (Å²) < 4.78 is 0. The van der Waals surface area contributed by atoms with Crippen molar-refractivity contribution < 1.29 is 9.59 Å². The summed E-state index contributed by atoms with van der Waals surface area (Å²) in [6.45, 7) is 4.02. The molecule has 0 bridgehead atoms. The third-order valence-electron chi connectivity index (χ3n) is 4.00. The zero-order valence-corrected chi connectivity index (χ0v) is 16.9. The number of halogens is 2. The molecular formula is C20H25Cl2N3O2. The van der Waals surface area contributed by atoms with Crippen molar-refractivity contribution in [3.05, 3.63) is 70.7 Å². The topological polar surface area (TPSA) is 84.2 Å². The molecule has 7 heteroatoms. The van der Waals surface area contributed by atoms with Crippen LogP contribution in [-0.2, 0) is 4.79 Å². The fraction of sp³-hybridized carbons (Fsp3) is 0.300. The van der Waals surface area contributed by atoms with E-state index >= 15 is 0 Å². The van der Waals surface area contributed by atoms with E-state index in [1.54, 1.807) is 24.3 Å². The van der Waals surface area contributed by atoms with Gasteiger partial charge in [-0.2, -0.15) is 0 Å². The number of carbonyl (C=O) groups is 2. The summed E-state index contributed by atoms with van der Waals surface area (Å²) >= 11 is 6.11. The first-order valence-corrected chi connectivity index (χ1v) is 8.81. The Morgan fingerprint density at radius 1 is 1.07 bits per heavy atom. The van der Waals surface area contributed by atoms with Gasteiger partial charge in [0.15, 0.2) is 0 Å². The highest BCUT2D eigenvalue weighted by Crippen LogP contribution is 2.20. The molecule has 0 aromatic heterocycles. The van der Waals surface area contributed by atoms with Crippen LogP contribution in [0.2, 0.25) is 5.02 Å². The number of nitrogens with one attached hydrogen (secondary N) is 2. The van der Waals surface area contributed by atoms with Crippen LogP contribution in [0, 0.1) is 0 Å². The molecule has 146 valence electrons. The fourth-order valence-corrected chi connectivity index (χ4v) is 2.71. The van der Waals surface area contributed by atoms with Gasteiger partial charge in [-0.15, -0.1) is 12.4 Å². The summed E-state index contributed by atoms with van der Waals surface area (Å²) in [7, 11) is 0. The van der Waals surface area contributed by atoms with Gasteiger partial charge in [0, 0.05) is 12.1 Å². The lowest BCUT2D eigenvalue weighted by atomic mass is 10.0. The third kappa shape index (κ3) is 6.86. The summed E-state index contributed by atoms with van der Waals surface area (Å²) in [5, 5.41) is 6.17. The van der Waals surface area contributed by atoms with Gasteiger partial charge in [-0.1, -0.05) is 54.1 Å². The van der Waals surface area contributed by atoms with Gasteiger partial charge in [0.1, 0.15) is 0 Å². The van der Waals surface area contributed by atoms with E-state index < -0.39 is 11.6 Å². The number of nitrogens with two attached hydrogens (primary N) is 1. The normalized spacial score (nSPS) is 11.9. The van der Waals surface area contributed by atoms with Gasteiger partial charge >= 0.3 is 0 Å². The van der Waals surface area contributed by atoms with Gasteiger partial charge in [-0.25, -0.2) is 0 Å². The lowest BCUT2D eigenvalue weighted by Gasteiger charge is -2.26. The minimum atomic E-state index is -0.509. The summed E-state index contributed by atoms with van der Waals surface area (Å²) in [6.07, 6.45) is 0.101. The first-order valence-electron chi connectivity index (χ1n) is 8.44. The molecule has 2 rings (SSSR count). The van der Waals surface area contributed by atoms with Crippen molar-refractivity contribution >= 4 is 35.8 Å². The van der Waals surface area contributed by atoms with E-state index in [0.29, 0.717) is 17.1 Å². The summed E-state index contributed by atoms with van der Waals surface area (Å²) in [5.41, 5.74) is 6.38. The van der Waals surface area contributed by atoms with Crippen LogP contribution < -0.4 is 16.4 Å². The van der Waals surface area contributed by atoms with Crippen LogP contribution in [-0.4, -0.2) is 23.9 Å². The third-order valence-corrected chi connectivity index (χ3v) is 4.33. The molecule has 27 heavy (non-hydrogen) atoms. The van der Waals surface area contributed by atoms with Crippen molar-refractivity contribution in [2.75, 3.05) is 6.54 Å². The maximum Gasteiger partial charge on any atom is 0.253 e. The van der Waals surface area contributed by atoms with Crippen LogP contribution in [0.1, 0.15) is 42.2 Å². The second-order valence-corrected chi connectivity index (χ2v) is 7.16. The Bertz CT molecular complexity index is 767. The lowest BCUT2D eigenvalue weighted by Crippen LogP contribution is -2.49. The van der Waals surface area contributed by atoms with Gasteiger partial charge in [-0.3, -0.25) is 9.59 Å². The van der Waals surface area contributed by atoms with Gasteiger partial charge in [0.25, 0.3) is 5.91 Å². The Morgan fingerprint density at radius 2 is 1.67 bits per heavy atom. The van der Waals surface area contributed by atoms with Crippen molar-refractivity contribution in [1.82, 2.24) is 10.6 Å². The quantitative estimate of drug-likeness (QED) is 0.654. The Balaban J connectivity index is 0.00000364. The molecule has 0 saturated carbocycles. The number of rotatable bonds is 7. The number of hydrogen-bond donors (Lipinski definition) is 3. The Hall–Kier alpha value is -2.08. The van der Waals surface area contributed by atoms with Crippen molar-refractivity contribution in [2.45, 2.75) is 31.8 Å². The van der Waals surface area contributed by atoms with E-state index in [1.807, 2.05) is 44.2 Å². The Kier molecular flexibility index (Phi) is 8.76. The van der Waals surface area contributed by atoms with E-state index in [9.17, 15) is 9.59 Å². The lowest BCUT2D eigenvalue weighted by molar-refractivity contribution is -0.123. The SMILES string of the molecule is CC(C)(CN)NC(=O)CC(NC(=O)c1ccccc1Cl)c1ccccc1.Cl. The highest BCUT2D eigenvalue weighted by Gasteiger charge is 2.24. The molecule has 5 nitrogen and oxygen atoms in total. The van der Waals surface area contributed by atoms with Crippen molar-refractivity contribution in [3.8, 4) is 0 Å². The van der Waals surface area contributed by atoms with Crippen LogP contribution in [0.5, 0.6) is 0 Å². The molecule has 0 aliphatic rings. The zero-order valence-electron chi connectivity index (χ0n) is 15.4. The molecule has 0 fully saturated rings. The van der Waals surface area contributed by atoms with Crippen molar-refractivity contribution in [1.29, 1.82) is 0 Å². The van der Waals surface area contributed by atoms with E-state index in [4.69, 9.17) is 17.3 Å². The van der Waals surface area contributed by atoms with E-state index in [0.717, 1.165) is 5.56 Å². The first kappa shape index (κ1) is 23.0. The molecule has 0 aliphatic heterocycles. The molecule has 0 saturated heterocycles. The van der Waals surface area contributed by atoms with Gasteiger partial charge in [-0.05, 0) is 31.5 Å². The van der Waals surface area contributed by atoms with Crippen LogP contribution in [0.4, 0.5) is 0 Å². The number of benzene rings is 2. The van der Waals surface area contributed by atoms with Crippen LogP contribution >= 0.6 is 24.0 Å². The molecule has 0 radical (unpaired) electrons. The van der Waals surface area contributed by atoms with Crippen molar-refractivity contribution in [3.63, 3.8) is 0 Å². The van der Waals surface area contributed by atoms with Gasteiger partial charge in [0.2, 0.25) is 5.91 Å². The zero-order chi connectivity index (χ0) is 19.2. The van der Waals surface area contributed by atoms with Crippen LogP contribution in [0.25, 0.3) is 0 Å². The minimum Gasteiger partial charge on any atom is -0.350 e. The second-order valence-electron chi connectivity index (χ2n) is 6.76. The van der Waals surface area contributed by atoms with Crippen molar-refractivity contribution in [2.24, 2.45) is 5.73 Å². The highest BCUT2D eigenvalue weighted by atomic mass is 35.5. The van der Waals surface area contributed by atoms with E-state index in [1.165, 1.54) is 0 Å². The maximum absolute atomic E-state index is 12.6. The monoisotopic (exact) mass is 409 g/mol. The highest BCUT2D eigenvalue weighted by molar-refractivity contribution is 6.33. The molecule has 0 aliphatic carbocycles. The molecule has 1 atom stereocenters. The summed E-state index contributed by atoms with van der Waals surface area (Å²) in [5.74, 6) is -0.510. The Labute approximate surface area is 171 Å². The number of carbonyl (C=O) groups excluding carboxylic acids is 2. The second kappa shape index (κ2) is 10.3. The number of hydrogen-bond acceptors (Lipinski definition) is 3. The van der Waals surface area contributed by atoms with Crippen LogP contribution in [0.3, 0.4) is 0 Å². The summed E-state index contributed by atoms with van der Waals surface area (Å²) in [4.78, 5) is 25.1. The summed E-state index contributed by atoms with van der Waals surface area (Å²) in [6, 6.07) is 15.7. The maximum atomic E-state index is 12.6. The largest absolute Gasteiger partial charge is 0.350 e. The van der Waals surface area contributed by atoms with Gasteiger partial charge in [0.05, 0.1) is 23.0 Å². The van der Waals surface area contributed by atoms with Gasteiger partial charge < -0.3 is 16.4 Å². The average molecular weight is 410 g/mol. The number of amides is 2. The standard InChI is InChI=1S/C20H24ClN3O2.ClH/c1-20(2,13-22)24-18(25)12-17(14-8-4-3-5-9-14)23-19(26)15-10-6-7-11-16(15)21;/h3-11,17H,12-13,22H2,1-2H3,(H,23,26)(H,24,25);1H. The minimum absolute atomic E-state index is 0. The molecule has 0 spiro atoms. The van der Waals surface area contributed by atoms with E-state index in [2.05, 4.69) is 10.6 Å². The average Bonchev–Trinajstić information content (AvgIpc) is 2.61. The molecular weight excluding hydrogens is 385 g/mol.